The first-order valence-corrected chi connectivity index (χ1v) is 33.9. The molecule has 0 amide bonds. The average Bonchev–Trinajstić information content (AvgIpc) is 3.44. The van der Waals surface area contributed by atoms with Gasteiger partial charge in [0.15, 0.2) is 6.10 Å². The van der Waals surface area contributed by atoms with Crippen molar-refractivity contribution in [2.75, 3.05) is 13.2 Å². The summed E-state index contributed by atoms with van der Waals surface area (Å²) in [5.74, 6) is -0.890. The molecule has 0 aliphatic heterocycles. The summed E-state index contributed by atoms with van der Waals surface area (Å²) in [6, 6.07) is 0. The monoisotopic (exact) mass is 1090 g/mol. The minimum atomic E-state index is -0.785. The first-order chi connectivity index (χ1) is 38.5. The predicted octanol–water partition coefficient (Wildman–Crippen LogP) is 23.3. The third-order valence-corrected chi connectivity index (χ3v) is 14.9. The van der Waals surface area contributed by atoms with Crippen molar-refractivity contribution >= 4 is 17.9 Å². The van der Waals surface area contributed by atoms with Crippen LogP contribution in [-0.4, -0.2) is 37.2 Å². The zero-order valence-corrected chi connectivity index (χ0v) is 51.9. The molecule has 0 rings (SSSR count). The molecule has 0 saturated carbocycles. The molecule has 0 aromatic carbocycles. The Morgan fingerprint density at radius 1 is 0.256 bits per heavy atom. The van der Waals surface area contributed by atoms with Crippen molar-refractivity contribution in [1.82, 2.24) is 0 Å². The quantitative estimate of drug-likeness (QED) is 0.0261. The summed E-state index contributed by atoms with van der Waals surface area (Å²) in [6.07, 6.45) is 86.5. The van der Waals surface area contributed by atoms with E-state index in [4.69, 9.17) is 14.2 Å². The Morgan fingerprint density at radius 3 is 0.808 bits per heavy atom. The van der Waals surface area contributed by atoms with Gasteiger partial charge in [-0.1, -0.05) is 293 Å². The number of esters is 3. The Kier molecular flexibility index (Phi) is 63.7. The molecule has 6 heteroatoms. The van der Waals surface area contributed by atoms with Gasteiger partial charge in [0.25, 0.3) is 0 Å². The molecule has 6 nitrogen and oxygen atoms in total. The van der Waals surface area contributed by atoms with Crippen LogP contribution in [0, 0.1) is 0 Å². The molecule has 0 aliphatic rings. The Balaban J connectivity index is 4.14. The second kappa shape index (κ2) is 66.4. The van der Waals surface area contributed by atoms with Gasteiger partial charge in [0.1, 0.15) is 13.2 Å². The van der Waals surface area contributed by atoms with E-state index in [0.29, 0.717) is 19.3 Å². The van der Waals surface area contributed by atoms with Crippen LogP contribution < -0.4 is 0 Å². The molecule has 452 valence electrons. The van der Waals surface area contributed by atoms with Gasteiger partial charge in [-0.05, 0) is 109 Å². The Morgan fingerprint density at radius 2 is 0.487 bits per heavy atom. The van der Waals surface area contributed by atoms with E-state index in [1.807, 2.05) is 0 Å². The molecule has 78 heavy (non-hydrogen) atoms. The van der Waals surface area contributed by atoms with Crippen molar-refractivity contribution in [3.05, 3.63) is 72.9 Å². The largest absolute Gasteiger partial charge is 0.462 e. The SMILES string of the molecule is CCC/C=C\CCCCCCCC(=O)OCC(COC(=O)CCCCCCCCCCCCCCCCCCCCC/C=C\C/C=C\CCCCCCC)OC(=O)CCCCCCCC/C=C\C/C=C\C/C=C\CCCCC. The number of allylic oxidation sites excluding steroid dienone is 12. The molecular formula is C72H128O6. The zero-order valence-electron chi connectivity index (χ0n) is 51.9. The maximum absolute atomic E-state index is 12.9. The van der Waals surface area contributed by atoms with E-state index in [1.54, 1.807) is 0 Å². The first-order valence-electron chi connectivity index (χ1n) is 33.9. The zero-order chi connectivity index (χ0) is 56.4. The lowest BCUT2D eigenvalue weighted by Crippen LogP contribution is -2.30. The number of rotatable bonds is 62. The molecule has 0 bridgehead atoms. The van der Waals surface area contributed by atoms with Crippen molar-refractivity contribution in [2.24, 2.45) is 0 Å². The van der Waals surface area contributed by atoms with Crippen LogP contribution >= 0.6 is 0 Å². The molecule has 1 atom stereocenters. The normalized spacial score (nSPS) is 12.5. The van der Waals surface area contributed by atoms with Gasteiger partial charge in [-0.15, -0.1) is 0 Å². The topological polar surface area (TPSA) is 78.9 Å². The summed E-state index contributed by atoms with van der Waals surface area (Å²) in [5, 5.41) is 0. The van der Waals surface area contributed by atoms with Crippen molar-refractivity contribution in [1.29, 1.82) is 0 Å². The lowest BCUT2D eigenvalue weighted by molar-refractivity contribution is -0.167. The predicted molar refractivity (Wildman–Crippen MR) is 339 cm³/mol. The van der Waals surface area contributed by atoms with Crippen LogP contribution in [0.5, 0.6) is 0 Å². The molecule has 0 radical (unpaired) electrons. The molecule has 0 spiro atoms. The summed E-state index contributed by atoms with van der Waals surface area (Å²) < 4.78 is 16.9. The van der Waals surface area contributed by atoms with Gasteiger partial charge in [0.05, 0.1) is 0 Å². The molecule has 0 heterocycles. The lowest BCUT2D eigenvalue weighted by Gasteiger charge is -2.18. The highest BCUT2D eigenvalue weighted by Crippen LogP contribution is 2.17. The number of unbranched alkanes of at least 4 members (excludes halogenated alkanes) is 39. The maximum atomic E-state index is 12.9. The summed E-state index contributed by atoms with van der Waals surface area (Å²) in [7, 11) is 0. The van der Waals surface area contributed by atoms with Gasteiger partial charge < -0.3 is 14.2 Å². The average molecular weight is 1090 g/mol. The van der Waals surface area contributed by atoms with Crippen LogP contribution in [0.1, 0.15) is 348 Å². The number of hydrogen-bond donors (Lipinski definition) is 0. The highest BCUT2D eigenvalue weighted by Gasteiger charge is 2.19. The Bertz CT molecular complexity index is 1440. The van der Waals surface area contributed by atoms with Gasteiger partial charge in [0, 0.05) is 19.3 Å². The van der Waals surface area contributed by atoms with Gasteiger partial charge in [0.2, 0.25) is 0 Å². The van der Waals surface area contributed by atoms with E-state index in [2.05, 4.69) is 93.7 Å². The summed E-state index contributed by atoms with van der Waals surface area (Å²) in [4.78, 5) is 38.2. The van der Waals surface area contributed by atoms with E-state index in [1.165, 1.54) is 205 Å². The highest BCUT2D eigenvalue weighted by atomic mass is 16.6. The van der Waals surface area contributed by atoms with Crippen molar-refractivity contribution in [2.45, 2.75) is 354 Å². The fourth-order valence-electron chi connectivity index (χ4n) is 9.78. The standard InChI is InChI=1S/C72H128O6/c1-4-7-10-13-16-19-22-24-26-28-30-31-32-33-34-35-36-37-38-39-40-41-43-44-46-48-50-53-56-59-62-65-71(74)77-68-69(67-76-70(73)64-61-58-55-52-21-18-15-12-9-6-3)78-72(75)66-63-60-57-54-51-49-47-45-42-29-27-25-23-20-17-14-11-8-5-2/h12,15,17,20,22,24-25,27-28,30,42,45,69H,4-11,13-14,16,18-19,21,23,26,29,31-41,43-44,46-68H2,1-3H3/b15-12-,20-17-,24-22-,27-25-,30-28-,45-42-. The van der Waals surface area contributed by atoms with E-state index < -0.39 is 6.10 Å². The molecule has 0 aliphatic carbocycles. The molecule has 0 aromatic heterocycles. The third-order valence-electron chi connectivity index (χ3n) is 14.9. The van der Waals surface area contributed by atoms with E-state index in [-0.39, 0.29) is 31.1 Å². The second-order valence-corrected chi connectivity index (χ2v) is 22.7. The van der Waals surface area contributed by atoms with Gasteiger partial charge >= 0.3 is 17.9 Å². The highest BCUT2D eigenvalue weighted by molar-refractivity contribution is 5.71. The summed E-state index contributed by atoms with van der Waals surface area (Å²) in [6.45, 7) is 6.56. The van der Waals surface area contributed by atoms with E-state index in [0.717, 1.165) is 103 Å². The molecule has 0 N–H and O–H groups in total. The first kappa shape index (κ1) is 74.8. The number of ether oxygens (including phenoxy) is 3. The van der Waals surface area contributed by atoms with Crippen LogP contribution in [-0.2, 0) is 28.6 Å². The third kappa shape index (κ3) is 63.7. The number of hydrogen-bond acceptors (Lipinski definition) is 6. The van der Waals surface area contributed by atoms with Gasteiger partial charge in [-0.3, -0.25) is 14.4 Å². The van der Waals surface area contributed by atoms with Crippen LogP contribution in [0.2, 0.25) is 0 Å². The molecule has 0 aromatic rings. The van der Waals surface area contributed by atoms with Crippen molar-refractivity contribution < 1.29 is 28.6 Å². The van der Waals surface area contributed by atoms with Crippen LogP contribution in [0.15, 0.2) is 72.9 Å². The van der Waals surface area contributed by atoms with Crippen molar-refractivity contribution in [3.63, 3.8) is 0 Å². The minimum absolute atomic E-state index is 0.0807. The Labute approximate surface area is 484 Å². The van der Waals surface area contributed by atoms with E-state index >= 15 is 0 Å². The molecular weight excluding hydrogens is 961 g/mol. The number of carbonyl (C=O) groups is 3. The van der Waals surface area contributed by atoms with Crippen molar-refractivity contribution in [3.8, 4) is 0 Å². The second-order valence-electron chi connectivity index (χ2n) is 22.7. The fourth-order valence-corrected chi connectivity index (χ4v) is 9.78. The number of carbonyl (C=O) groups excluding carboxylic acids is 3. The van der Waals surface area contributed by atoms with Crippen LogP contribution in [0.25, 0.3) is 0 Å². The smallest absolute Gasteiger partial charge is 0.306 e. The minimum Gasteiger partial charge on any atom is -0.462 e. The molecule has 1 unspecified atom stereocenters. The fraction of sp³-hybridized carbons (Fsp3) is 0.792. The van der Waals surface area contributed by atoms with Crippen LogP contribution in [0.3, 0.4) is 0 Å². The maximum Gasteiger partial charge on any atom is 0.306 e. The lowest BCUT2D eigenvalue weighted by atomic mass is 10.0. The van der Waals surface area contributed by atoms with E-state index in [9.17, 15) is 14.4 Å². The summed E-state index contributed by atoms with van der Waals surface area (Å²) >= 11 is 0. The van der Waals surface area contributed by atoms with Gasteiger partial charge in [-0.25, -0.2) is 0 Å². The Hall–Kier alpha value is -3.15. The molecule has 0 fully saturated rings. The van der Waals surface area contributed by atoms with Gasteiger partial charge in [-0.2, -0.15) is 0 Å². The summed E-state index contributed by atoms with van der Waals surface area (Å²) in [5.41, 5.74) is 0. The molecule has 0 saturated heterocycles. The van der Waals surface area contributed by atoms with Crippen LogP contribution in [0.4, 0.5) is 0 Å².